The molecule has 0 aromatic carbocycles. The average Bonchev–Trinajstić information content (AvgIpc) is 2.26. The van der Waals surface area contributed by atoms with Gasteiger partial charge in [-0.2, -0.15) is 13.2 Å². The van der Waals surface area contributed by atoms with Gasteiger partial charge in [-0.1, -0.05) is 25.6 Å². The van der Waals surface area contributed by atoms with Crippen molar-refractivity contribution in [1.29, 1.82) is 0 Å². The van der Waals surface area contributed by atoms with Crippen molar-refractivity contribution < 1.29 is 13.2 Å². The van der Waals surface area contributed by atoms with Crippen LogP contribution in [0, 0.1) is 11.8 Å². The van der Waals surface area contributed by atoms with Crippen LogP contribution in [0.2, 0.25) is 0 Å². The second-order valence-electron chi connectivity index (χ2n) is 5.32. The van der Waals surface area contributed by atoms with E-state index in [-0.39, 0.29) is 17.5 Å². The number of thioether (sulfide) groups is 1. The summed E-state index contributed by atoms with van der Waals surface area (Å²) in [4.78, 5) is 0. The van der Waals surface area contributed by atoms with Crippen LogP contribution in [0.4, 0.5) is 13.2 Å². The molecule has 1 N–H and O–H groups in total. The molecule has 3 atom stereocenters. The van der Waals surface area contributed by atoms with E-state index in [2.05, 4.69) is 19.2 Å². The van der Waals surface area contributed by atoms with Crippen molar-refractivity contribution in [1.82, 2.24) is 5.32 Å². The Morgan fingerprint density at radius 2 is 2.00 bits per heavy atom. The van der Waals surface area contributed by atoms with Crippen LogP contribution in [0.15, 0.2) is 0 Å². The van der Waals surface area contributed by atoms with Gasteiger partial charge in [-0.25, -0.2) is 0 Å². The van der Waals surface area contributed by atoms with E-state index in [1.54, 1.807) is 0 Å². The number of hydrogen-bond donors (Lipinski definition) is 1. The number of hydrogen-bond acceptors (Lipinski definition) is 2. The van der Waals surface area contributed by atoms with Crippen molar-refractivity contribution >= 4 is 11.8 Å². The highest BCUT2D eigenvalue weighted by Gasteiger charge is 2.31. The van der Waals surface area contributed by atoms with Crippen LogP contribution < -0.4 is 5.32 Å². The molecule has 108 valence electrons. The Labute approximate surface area is 112 Å². The number of nitrogens with one attached hydrogen (secondary N) is 1. The molecule has 0 heterocycles. The molecular formula is C13H24F3NS. The van der Waals surface area contributed by atoms with Gasteiger partial charge in [0.15, 0.2) is 0 Å². The fourth-order valence-corrected chi connectivity index (χ4v) is 3.39. The maximum atomic E-state index is 12.1. The first kappa shape index (κ1) is 16.2. The third kappa shape index (κ3) is 6.32. The minimum Gasteiger partial charge on any atom is -0.314 e. The summed E-state index contributed by atoms with van der Waals surface area (Å²) in [5.41, 5.74) is -4.08. The molecule has 1 nitrogen and oxygen atoms in total. The van der Waals surface area contributed by atoms with Crippen molar-refractivity contribution in [3.05, 3.63) is 0 Å². The molecule has 0 saturated heterocycles. The summed E-state index contributed by atoms with van der Waals surface area (Å²) in [6.07, 6.45) is 5.14. The zero-order valence-electron chi connectivity index (χ0n) is 11.2. The Bertz CT molecular complexity index is 231. The summed E-state index contributed by atoms with van der Waals surface area (Å²) >= 11 is 0.127. The van der Waals surface area contributed by atoms with Crippen LogP contribution in [-0.4, -0.2) is 23.8 Å². The molecule has 0 aliphatic heterocycles. The molecule has 1 saturated carbocycles. The summed E-state index contributed by atoms with van der Waals surface area (Å²) in [5, 5.41) is 3.50. The highest BCUT2D eigenvalue weighted by Crippen LogP contribution is 2.35. The molecule has 0 spiro atoms. The third-order valence-electron chi connectivity index (χ3n) is 3.66. The molecule has 1 aliphatic rings. The van der Waals surface area contributed by atoms with Gasteiger partial charge in [0.25, 0.3) is 0 Å². The fourth-order valence-electron chi connectivity index (χ4n) is 2.74. The maximum absolute atomic E-state index is 12.1. The lowest BCUT2D eigenvalue weighted by atomic mass is 9.77. The summed E-state index contributed by atoms with van der Waals surface area (Å²) in [6.45, 7) is 5.30. The SMILES string of the molecule is CCCNC1CCC(C)CC1CCSC(F)(F)F. The van der Waals surface area contributed by atoms with Gasteiger partial charge < -0.3 is 5.32 Å². The summed E-state index contributed by atoms with van der Waals surface area (Å²) in [5.74, 6) is 1.27. The lowest BCUT2D eigenvalue weighted by Crippen LogP contribution is -2.41. The molecule has 1 aliphatic carbocycles. The molecule has 0 aromatic rings. The Morgan fingerprint density at radius 3 is 2.61 bits per heavy atom. The maximum Gasteiger partial charge on any atom is 0.441 e. The summed E-state index contributed by atoms with van der Waals surface area (Å²) in [6, 6.07) is 0.426. The van der Waals surface area contributed by atoms with Crippen molar-refractivity contribution in [3.63, 3.8) is 0 Å². The molecule has 3 unspecified atom stereocenters. The molecule has 18 heavy (non-hydrogen) atoms. The predicted molar refractivity (Wildman–Crippen MR) is 71.7 cm³/mol. The molecular weight excluding hydrogens is 259 g/mol. The van der Waals surface area contributed by atoms with E-state index >= 15 is 0 Å². The fraction of sp³-hybridized carbons (Fsp3) is 1.00. The van der Waals surface area contributed by atoms with E-state index < -0.39 is 5.51 Å². The van der Waals surface area contributed by atoms with Crippen LogP contribution >= 0.6 is 11.8 Å². The monoisotopic (exact) mass is 283 g/mol. The van der Waals surface area contributed by atoms with Gasteiger partial charge >= 0.3 is 5.51 Å². The third-order valence-corrected chi connectivity index (χ3v) is 4.42. The van der Waals surface area contributed by atoms with E-state index in [1.165, 1.54) is 6.42 Å². The van der Waals surface area contributed by atoms with Gasteiger partial charge in [-0.15, -0.1) is 0 Å². The Morgan fingerprint density at radius 1 is 1.28 bits per heavy atom. The minimum atomic E-state index is -4.08. The second-order valence-corrected chi connectivity index (χ2v) is 6.48. The molecule has 1 fully saturated rings. The van der Waals surface area contributed by atoms with Gasteiger partial charge in [0, 0.05) is 11.8 Å². The molecule has 0 radical (unpaired) electrons. The zero-order chi connectivity index (χ0) is 13.6. The lowest BCUT2D eigenvalue weighted by molar-refractivity contribution is -0.0328. The van der Waals surface area contributed by atoms with Gasteiger partial charge in [0.1, 0.15) is 0 Å². The largest absolute Gasteiger partial charge is 0.441 e. The van der Waals surface area contributed by atoms with Gasteiger partial charge in [0.05, 0.1) is 0 Å². The average molecular weight is 283 g/mol. The van der Waals surface area contributed by atoms with Crippen molar-refractivity contribution in [2.75, 3.05) is 12.3 Å². The topological polar surface area (TPSA) is 12.0 Å². The van der Waals surface area contributed by atoms with E-state index in [0.29, 0.717) is 24.3 Å². The quantitative estimate of drug-likeness (QED) is 0.773. The number of rotatable bonds is 6. The van der Waals surface area contributed by atoms with E-state index in [0.717, 1.165) is 25.8 Å². The van der Waals surface area contributed by atoms with E-state index in [1.807, 2.05) is 0 Å². The van der Waals surface area contributed by atoms with Crippen LogP contribution in [-0.2, 0) is 0 Å². The molecule has 1 rings (SSSR count). The smallest absolute Gasteiger partial charge is 0.314 e. The Balaban J connectivity index is 2.36. The first-order valence-corrected chi connectivity index (χ1v) is 7.85. The van der Waals surface area contributed by atoms with Gasteiger partial charge in [-0.05, 0) is 50.5 Å². The van der Waals surface area contributed by atoms with Crippen LogP contribution in [0.3, 0.4) is 0 Å². The standard InChI is InChI=1S/C13H24F3NS/c1-3-7-17-12-5-4-10(2)9-11(12)6-8-18-13(14,15)16/h10-12,17H,3-9H2,1-2H3. The highest BCUT2D eigenvalue weighted by atomic mass is 32.2. The molecule has 5 heteroatoms. The Hall–Kier alpha value is 0.100. The Kier molecular flexibility index (Phi) is 6.85. The van der Waals surface area contributed by atoms with Gasteiger partial charge in [-0.3, -0.25) is 0 Å². The second kappa shape index (κ2) is 7.63. The number of halogens is 3. The van der Waals surface area contributed by atoms with Crippen LogP contribution in [0.25, 0.3) is 0 Å². The van der Waals surface area contributed by atoms with Gasteiger partial charge in [0.2, 0.25) is 0 Å². The van der Waals surface area contributed by atoms with Crippen LogP contribution in [0.1, 0.15) is 46.0 Å². The van der Waals surface area contributed by atoms with Crippen molar-refractivity contribution in [2.45, 2.75) is 57.5 Å². The summed E-state index contributed by atoms with van der Waals surface area (Å²) < 4.78 is 36.4. The first-order chi connectivity index (χ1) is 8.42. The van der Waals surface area contributed by atoms with Crippen molar-refractivity contribution in [3.8, 4) is 0 Å². The lowest BCUT2D eigenvalue weighted by Gasteiger charge is -2.35. The molecule has 0 aromatic heterocycles. The summed E-state index contributed by atoms with van der Waals surface area (Å²) in [7, 11) is 0. The van der Waals surface area contributed by atoms with Crippen LogP contribution in [0.5, 0.6) is 0 Å². The highest BCUT2D eigenvalue weighted by molar-refractivity contribution is 8.00. The molecule has 0 bridgehead atoms. The first-order valence-electron chi connectivity index (χ1n) is 6.86. The predicted octanol–water partition coefficient (Wildman–Crippen LogP) is 4.43. The van der Waals surface area contributed by atoms with E-state index in [4.69, 9.17) is 0 Å². The van der Waals surface area contributed by atoms with Crippen molar-refractivity contribution in [2.24, 2.45) is 11.8 Å². The minimum absolute atomic E-state index is 0.127. The van der Waals surface area contributed by atoms with E-state index in [9.17, 15) is 13.2 Å². The number of alkyl halides is 3. The molecule has 0 amide bonds. The normalized spacial score (nSPS) is 29.5. The zero-order valence-corrected chi connectivity index (χ0v) is 12.0.